The van der Waals surface area contributed by atoms with Crippen molar-refractivity contribution in [2.45, 2.75) is 26.3 Å². The van der Waals surface area contributed by atoms with E-state index in [0.717, 1.165) is 54.7 Å². The van der Waals surface area contributed by atoms with Crippen molar-refractivity contribution in [1.29, 1.82) is 5.41 Å². The average molecular weight is 428 g/mol. The van der Waals surface area contributed by atoms with Gasteiger partial charge in [0.15, 0.2) is 11.5 Å². The lowest BCUT2D eigenvalue weighted by molar-refractivity contribution is 0.174. The predicted molar refractivity (Wildman–Crippen MR) is 116 cm³/mol. The van der Waals surface area contributed by atoms with Gasteiger partial charge in [-0.15, -0.1) is 0 Å². The minimum Gasteiger partial charge on any atom is -0.454 e. The fraction of sp³-hybridized carbons (Fsp3) is 0.400. The number of aromatic nitrogens is 4. The van der Waals surface area contributed by atoms with Crippen LogP contribution in [0.3, 0.4) is 0 Å². The molecule has 9 nitrogen and oxygen atoms in total. The van der Waals surface area contributed by atoms with Gasteiger partial charge in [0.2, 0.25) is 17.9 Å². The Labute approximate surface area is 179 Å². The molecule has 1 aliphatic heterocycles. The van der Waals surface area contributed by atoms with E-state index in [1.54, 1.807) is 17.1 Å². The van der Waals surface area contributed by atoms with Crippen LogP contribution in [0.5, 0.6) is 11.5 Å². The van der Waals surface area contributed by atoms with E-state index in [2.05, 4.69) is 24.6 Å². The van der Waals surface area contributed by atoms with Crippen LogP contribution in [0.25, 0.3) is 5.95 Å². The molecule has 30 heavy (non-hydrogen) atoms. The summed E-state index contributed by atoms with van der Waals surface area (Å²) in [6, 6.07) is 6.02. The number of hydrogen-bond donors (Lipinski definition) is 2. The van der Waals surface area contributed by atoms with Gasteiger partial charge in [-0.25, -0.2) is 4.98 Å². The first-order valence-corrected chi connectivity index (χ1v) is 10.7. The molecule has 0 fully saturated rings. The van der Waals surface area contributed by atoms with Gasteiger partial charge in [-0.2, -0.15) is 9.36 Å². The summed E-state index contributed by atoms with van der Waals surface area (Å²) in [5.74, 6) is 2.23. The molecule has 3 aromatic rings. The number of rotatable bonds is 11. The summed E-state index contributed by atoms with van der Waals surface area (Å²) in [5, 5.41) is 12.4. The van der Waals surface area contributed by atoms with Crippen LogP contribution in [-0.4, -0.2) is 51.0 Å². The number of ether oxygens (including phenoxy) is 2. The van der Waals surface area contributed by atoms with Crippen molar-refractivity contribution in [3.05, 3.63) is 42.5 Å². The van der Waals surface area contributed by atoms with Crippen molar-refractivity contribution in [2.75, 3.05) is 31.3 Å². The molecule has 2 N–H and O–H groups in total. The molecular formula is C20H25N7O2S. The Balaban J connectivity index is 1.29. The number of hydrogen-bond acceptors (Lipinski definition) is 9. The third-order valence-electron chi connectivity index (χ3n) is 4.77. The molecule has 1 aromatic carbocycles. The standard InChI is InChI=1S/C20H25N7O2S/c1-2-16(21)12-26(20-24-19(25-30-20)27-9-7-23-13-27)8-3-6-22-11-15-4-5-17-18(10-15)29-14-28-17/h4-5,7,9-10,13,21-22H,2-3,6,8,11-12,14H2,1H3. The van der Waals surface area contributed by atoms with Crippen molar-refractivity contribution in [3.8, 4) is 17.4 Å². The third kappa shape index (κ3) is 4.95. The Bertz CT molecular complexity index is 973. The lowest BCUT2D eigenvalue weighted by Gasteiger charge is -2.21. The zero-order valence-electron chi connectivity index (χ0n) is 16.9. The molecule has 4 rings (SSSR count). The zero-order valence-corrected chi connectivity index (χ0v) is 17.7. The van der Waals surface area contributed by atoms with Crippen molar-refractivity contribution in [3.63, 3.8) is 0 Å². The van der Waals surface area contributed by atoms with Crippen molar-refractivity contribution < 1.29 is 9.47 Å². The molecule has 0 saturated heterocycles. The lowest BCUT2D eigenvalue weighted by Crippen LogP contribution is -2.32. The van der Waals surface area contributed by atoms with Crippen LogP contribution >= 0.6 is 11.5 Å². The summed E-state index contributed by atoms with van der Waals surface area (Å²) >= 11 is 1.35. The third-order valence-corrected chi connectivity index (χ3v) is 5.53. The van der Waals surface area contributed by atoms with Crippen molar-refractivity contribution >= 4 is 22.4 Å². The molecule has 2 aromatic heterocycles. The summed E-state index contributed by atoms with van der Waals surface area (Å²) in [5.41, 5.74) is 1.85. The van der Waals surface area contributed by atoms with Crippen LogP contribution in [0.1, 0.15) is 25.3 Å². The second-order valence-corrected chi connectivity index (χ2v) is 7.67. The smallest absolute Gasteiger partial charge is 0.248 e. The first-order chi connectivity index (χ1) is 14.7. The van der Waals surface area contributed by atoms with Gasteiger partial charge in [-0.3, -0.25) is 4.57 Å². The molecular weight excluding hydrogens is 402 g/mol. The van der Waals surface area contributed by atoms with E-state index in [0.29, 0.717) is 25.0 Å². The SMILES string of the molecule is CCC(=N)CN(CCCNCc1ccc2c(c1)OCO2)c1nc(-n2ccnc2)ns1. The molecule has 0 amide bonds. The summed E-state index contributed by atoms with van der Waals surface area (Å²) < 4.78 is 17.0. The van der Waals surface area contributed by atoms with Crippen LogP contribution in [0, 0.1) is 5.41 Å². The number of nitrogens with one attached hydrogen (secondary N) is 2. The largest absolute Gasteiger partial charge is 0.454 e. The molecule has 0 spiro atoms. The van der Waals surface area contributed by atoms with Gasteiger partial charge >= 0.3 is 0 Å². The topological polar surface area (TPSA) is 101 Å². The van der Waals surface area contributed by atoms with Gasteiger partial charge in [-0.05, 0) is 37.1 Å². The number of nitrogens with zero attached hydrogens (tertiary/aromatic N) is 5. The minimum atomic E-state index is 0.295. The minimum absolute atomic E-state index is 0.295. The maximum atomic E-state index is 8.11. The fourth-order valence-corrected chi connectivity index (χ4v) is 3.77. The highest BCUT2D eigenvalue weighted by atomic mass is 32.1. The first kappa shape index (κ1) is 20.3. The zero-order chi connectivity index (χ0) is 20.8. The molecule has 0 radical (unpaired) electrons. The van der Waals surface area contributed by atoms with E-state index in [-0.39, 0.29) is 0 Å². The highest BCUT2D eigenvalue weighted by molar-refractivity contribution is 7.09. The predicted octanol–water partition coefficient (Wildman–Crippen LogP) is 2.87. The van der Waals surface area contributed by atoms with Gasteiger partial charge in [-0.1, -0.05) is 13.0 Å². The van der Waals surface area contributed by atoms with E-state index in [1.807, 2.05) is 31.3 Å². The molecule has 158 valence electrons. The number of anilines is 1. The summed E-state index contributed by atoms with van der Waals surface area (Å²) in [7, 11) is 0. The lowest BCUT2D eigenvalue weighted by atomic mass is 10.2. The van der Waals surface area contributed by atoms with Gasteiger partial charge < -0.3 is 25.1 Å². The molecule has 0 saturated carbocycles. The number of fused-ring (bicyclic) bond motifs is 1. The Kier molecular flexibility index (Phi) is 6.55. The first-order valence-electron chi connectivity index (χ1n) is 9.95. The summed E-state index contributed by atoms with van der Waals surface area (Å²) in [6.45, 7) is 5.29. The molecule has 3 heterocycles. The van der Waals surface area contributed by atoms with E-state index in [1.165, 1.54) is 11.5 Å². The molecule has 1 aliphatic rings. The second-order valence-electron chi connectivity index (χ2n) is 6.94. The Morgan fingerprint density at radius 3 is 3.07 bits per heavy atom. The monoisotopic (exact) mass is 427 g/mol. The van der Waals surface area contributed by atoms with Crippen molar-refractivity contribution in [2.24, 2.45) is 0 Å². The summed E-state index contributed by atoms with van der Waals surface area (Å²) in [4.78, 5) is 10.8. The Morgan fingerprint density at radius 1 is 1.33 bits per heavy atom. The fourth-order valence-electron chi connectivity index (χ4n) is 3.08. The molecule has 0 aliphatic carbocycles. The van der Waals surface area contributed by atoms with E-state index >= 15 is 0 Å². The molecule has 10 heteroatoms. The van der Waals surface area contributed by atoms with E-state index in [9.17, 15) is 0 Å². The Morgan fingerprint density at radius 2 is 2.23 bits per heavy atom. The number of benzene rings is 1. The van der Waals surface area contributed by atoms with E-state index in [4.69, 9.17) is 14.9 Å². The molecule has 0 atom stereocenters. The van der Waals surface area contributed by atoms with Crippen LogP contribution in [0.4, 0.5) is 5.13 Å². The maximum Gasteiger partial charge on any atom is 0.248 e. The summed E-state index contributed by atoms with van der Waals surface area (Å²) in [6.07, 6.45) is 6.87. The van der Waals surface area contributed by atoms with E-state index < -0.39 is 0 Å². The van der Waals surface area contributed by atoms with Gasteiger partial charge in [0.25, 0.3) is 0 Å². The second kappa shape index (κ2) is 9.68. The average Bonchev–Trinajstić information content (AvgIpc) is 3.53. The Hall–Kier alpha value is -2.98. The van der Waals surface area contributed by atoms with Crippen molar-refractivity contribution in [1.82, 2.24) is 24.2 Å². The van der Waals surface area contributed by atoms with Gasteiger partial charge in [0.05, 0.1) is 6.54 Å². The van der Waals surface area contributed by atoms with Crippen LogP contribution in [0.2, 0.25) is 0 Å². The number of imidazole rings is 1. The van der Waals surface area contributed by atoms with Gasteiger partial charge in [0.1, 0.15) is 6.33 Å². The normalized spacial score (nSPS) is 12.3. The molecule has 0 unspecified atom stereocenters. The maximum absolute atomic E-state index is 8.11. The van der Waals surface area contributed by atoms with Crippen LogP contribution < -0.4 is 19.7 Å². The van der Waals surface area contributed by atoms with Crippen LogP contribution in [-0.2, 0) is 6.54 Å². The van der Waals surface area contributed by atoms with Crippen LogP contribution in [0.15, 0.2) is 36.9 Å². The quantitative estimate of drug-likeness (QED) is 0.358. The highest BCUT2D eigenvalue weighted by Crippen LogP contribution is 2.32. The van der Waals surface area contributed by atoms with Gasteiger partial charge in [0, 0.05) is 42.7 Å². The molecule has 0 bridgehead atoms. The highest BCUT2D eigenvalue weighted by Gasteiger charge is 2.15.